The first-order valence-corrected chi connectivity index (χ1v) is 3.73. The molecular weight excluding hydrogens is 150 g/mol. The Kier molecular flexibility index (Phi) is 2.33. The molecule has 12 heavy (non-hydrogen) atoms. The van der Waals surface area contributed by atoms with Crippen molar-refractivity contribution >= 4 is 18.5 Å². The van der Waals surface area contributed by atoms with E-state index in [0.717, 1.165) is 16.7 Å². The number of imidazole rings is 1. The maximum absolute atomic E-state index is 4.13. The highest BCUT2D eigenvalue weighted by Gasteiger charge is 1.94. The van der Waals surface area contributed by atoms with Gasteiger partial charge in [-0.2, -0.15) is 0 Å². The molecule has 0 bridgehead atoms. The van der Waals surface area contributed by atoms with E-state index in [0.29, 0.717) is 5.48 Å². The van der Waals surface area contributed by atoms with Crippen molar-refractivity contribution in [1.29, 1.82) is 0 Å². The first-order chi connectivity index (χ1) is 5.63. The molecule has 3 nitrogen and oxygen atoms in total. The summed E-state index contributed by atoms with van der Waals surface area (Å²) in [5.41, 5.74) is 1.64. The summed E-state index contributed by atoms with van der Waals surface area (Å²) in [6.45, 7) is 9.42. The van der Waals surface area contributed by atoms with Crippen LogP contribution in [0.4, 0.5) is 5.82 Å². The molecule has 0 fully saturated rings. The Morgan fingerprint density at radius 2 is 2.33 bits per heavy atom. The molecule has 0 aliphatic rings. The minimum Gasteiger partial charge on any atom is -0.371 e. The summed E-state index contributed by atoms with van der Waals surface area (Å²) >= 11 is 0. The molecule has 1 aromatic heterocycles. The third-order valence-electron chi connectivity index (χ3n) is 1.41. The maximum atomic E-state index is 4.13. The summed E-state index contributed by atoms with van der Waals surface area (Å²) in [6.07, 6.45) is 1.92. The number of anilines is 1. The highest BCUT2D eigenvalue weighted by molar-refractivity contribution is 5.49. The van der Waals surface area contributed by atoms with Gasteiger partial charge in [-0.15, -0.1) is 0 Å². The van der Waals surface area contributed by atoms with Gasteiger partial charge in [0.05, 0.1) is 5.35 Å². The second-order valence-corrected chi connectivity index (χ2v) is 2.69. The van der Waals surface area contributed by atoms with Crippen molar-refractivity contribution in [1.82, 2.24) is 9.97 Å². The summed E-state index contributed by atoms with van der Waals surface area (Å²) in [6, 6.07) is 0. The van der Waals surface area contributed by atoms with Crippen LogP contribution in [0.15, 0.2) is 12.2 Å². The average Bonchev–Trinajstić information content (AvgIpc) is 2.29. The van der Waals surface area contributed by atoms with E-state index in [1.54, 1.807) is 0 Å². The van der Waals surface area contributed by atoms with Gasteiger partial charge in [-0.05, 0) is 13.0 Å². The fourth-order valence-corrected chi connectivity index (χ4v) is 0.979. The number of allylic oxidation sites excluding steroid dienone is 1. The van der Waals surface area contributed by atoms with Gasteiger partial charge in [0.1, 0.15) is 5.48 Å². The van der Waals surface area contributed by atoms with E-state index in [1.807, 2.05) is 20.0 Å². The molecule has 0 spiro atoms. The number of aromatic nitrogens is 2. The number of hydrogen-bond donors (Lipinski definition) is 2. The number of hydrogen-bond acceptors (Lipinski definition) is 2. The van der Waals surface area contributed by atoms with Gasteiger partial charge < -0.3 is 10.3 Å². The van der Waals surface area contributed by atoms with E-state index in [2.05, 4.69) is 28.4 Å². The van der Waals surface area contributed by atoms with Gasteiger partial charge in [-0.1, -0.05) is 18.7 Å². The van der Waals surface area contributed by atoms with Gasteiger partial charge in [0.25, 0.3) is 0 Å². The number of nitrogens with zero attached hydrogens (tertiary/aromatic N) is 1. The van der Waals surface area contributed by atoms with E-state index in [1.165, 1.54) is 0 Å². The fourth-order valence-electron chi connectivity index (χ4n) is 0.979. The zero-order valence-corrected chi connectivity index (χ0v) is 7.44. The Labute approximate surface area is 71.5 Å². The van der Waals surface area contributed by atoms with Crippen LogP contribution in [-0.2, 0) is 0 Å². The third kappa shape index (κ3) is 1.75. The van der Waals surface area contributed by atoms with Crippen molar-refractivity contribution in [3.8, 4) is 0 Å². The van der Waals surface area contributed by atoms with Crippen molar-refractivity contribution in [3.63, 3.8) is 0 Å². The molecular formula is C9H13N3. The van der Waals surface area contributed by atoms with Gasteiger partial charge in [0, 0.05) is 7.05 Å². The van der Waals surface area contributed by atoms with E-state index < -0.39 is 0 Å². The summed E-state index contributed by atoms with van der Waals surface area (Å²) in [5.74, 6) is 0.808. The Bertz CT molecular complexity index is 386. The zero-order chi connectivity index (χ0) is 9.14. The van der Waals surface area contributed by atoms with E-state index in [-0.39, 0.29) is 0 Å². The second kappa shape index (κ2) is 3.26. The zero-order valence-electron chi connectivity index (χ0n) is 7.44. The van der Waals surface area contributed by atoms with Crippen LogP contribution in [0.1, 0.15) is 6.92 Å². The maximum Gasteiger partial charge on any atom is 0.151 e. The Balaban J connectivity index is 3.31. The molecule has 1 aromatic rings. The molecule has 0 aromatic carbocycles. The summed E-state index contributed by atoms with van der Waals surface area (Å²) in [7, 11) is 1.82. The van der Waals surface area contributed by atoms with E-state index >= 15 is 0 Å². The van der Waals surface area contributed by atoms with E-state index in [4.69, 9.17) is 0 Å². The van der Waals surface area contributed by atoms with Crippen molar-refractivity contribution in [2.75, 3.05) is 12.4 Å². The molecule has 0 aliphatic carbocycles. The van der Waals surface area contributed by atoms with E-state index in [9.17, 15) is 0 Å². The predicted molar refractivity (Wildman–Crippen MR) is 52.2 cm³/mol. The van der Waals surface area contributed by atoms with Crippen LogP contribution in [0.2, 0.25) is 0 Å². The lowest BCUT2D eigenvalue weighted by molar-refractivity contribution is 1.20. The SMILES string of the molecule is C=C(C)/C=c1/[nH]c(=C)nc1NC. The largest absolute Gasteiger partial charge is 0.371 e. The first kappa shape index (κ1) is 8.59. The minimum atomic E-state index is 0.659. The first-order valence-electron chi connectivity index (χ1n) is 3.73. The van der Waals surface area contributed by atoms with Crippen LogP contribution in [0.5, 0.6) is 0 Å². The lowest BCUT2D eigenvalue weighted by atomic mass is 10.3. The third-order valence-corrected chi connectivity index (χ3v) is 1.41. The molecule has 0 saturated carbocycles. The highest BCUT2D eigenvalue weighted by Crippen LogP contribution is 1.90. The molecule has 0 radical (unpaired) electrons. The van der Waals surface area contributed by atoms with Crippen LogP contribution in [-0.4, -0.2) is 17.0 Å². The summed E-state index contributed by atoms with van der Waals surface area (Å²) < 4.78 is 0. The molecule has 1 heterocycles. The van der Waals surface area contributed by atoms with Crippen molar-refractivity contribution < 1.29 is 0 Å². The molecule has 2 N–H and O–H groups in total. The molecule has 0 unspecified atom stereocenters. The average molecular weight is 163 g/mol. The molecule has 0 saturated heterocycles. The Morgan fingerprint density at radius 3 is 2.83 bits per heavy atom. The van der Waals surface area contributed by atoms with Crippen molar-refractivity contribution in [3.05, 3.63) is 23.0 Å². The standard InChI is InChI=1S/C9H13N3/c1-6(2)5-8-9(10-4)12-7(3)11-8/h5,11H,1,3H2,2,4H3,(H,10,12)/b8-5+. The molecule has 64 valence electrons. The van der Waals surface area contributed by atoms with Crippen molar-refractivity contribution in [2.24, 2.45) is 0 Å². The van der Waals surface area contributed by atoms with Gasteiger partial charge in [0.2, 0.25) is 0 Å². The number of rotatable bonds is 2. The van der Waals surface area contributed by atoms with Crippen LogP contribution in [0.3, 0.4) is 0 Å². The molecule has 0 amide bonds. The van der Waals surface area contributed by atoms with Crippen molar-refractivity contribution in [2.45, 2.75) is 6.92 Å². The van der Waals surface area contributed by atoms with Gasteiger partial charge in [0.15, 0.2) is 5.82 Å². The van der Waals surface area contributed by atoms with Gasteiger partial charge >= 0.3 is 0 Å². The van der Waals surface area contributed by atoms with Crippen LogP contribution in [0, 0.1) is 0 Å². The summed E-state index contributed by atoms with van der Waals surface area (Å²) in [4.78, 5) is 7.16. The number of H-pyrrole nitrogens is 1. The smallest absolute Gasteiger partial charge is 0.151 e. The lowest BCUT2D eigenvalue weighted by Crippen LogP contribution is -2.10. The van der Waals surface area contributed by atoms with Crippen LogP contribution >= 0.6 is 0 Å². The van der Waals surface area contributed by atoms with Gasteiger partial charge in [-0.3, -0.25) is 0 Å². The second-order valence-electron chi connectivity index (χ2n) is 2.69. The molecule has 0 atom stereocenters. The highest BCUT2D eigenvalue weighted by atomic mass is 15.0. The summed E-state index contributed by atoms with van der Waals surface area (Å²) in [5, 5.41) is 3.89. The van der Waals surface area contributed by atoms with Crippen LogP contribution < -0.4 is 16.1 Å². The topological polar surface area (TPSA) is 40.7 Å². The van der Waals surface area contributed by atoms with Crippen LogP contribution in [0.25, 0.3) is 12.7 Å². The molecule has 0 aliphatic heterocycles. The fraction of sp³-hybridized carbons (Fsp3) is 0.222. The quantitative estimate of drug-likeness (QED) is 0.654. The van der Waals surface area contributed by atoms with Gasteiger partial charge in [-0.25, -0.2) is 4.98 Å². The Morgan fingerprint density at radius 1 is 1.67 bits per heavy atom. The monoisotopic (exact) mass is 163 g/mol. The molecule has 1 rings (SSSR count). The lowest BCUT2D eigenvalue weighted by Gasteiger charge is -1.90. The minimum absolute atomic E-state index is 0.659. The predicted octanol–water partition coefficient (Wildman–Crippen LogP) is 0.218. The normalized spacial score (nSPS) is 11.7. The number of aromatic amines is 1. The molecule has 3 heteroatoms. The Hall–Kier alpha value is -1.51. The number of nitrogens with one attached hydrogen (secondary N) is 2.